The van der Waals surface area contributed by atoms with Crippen LogP contribution in [0.3, 0.4) is 0 Å². The predicted octanol–water partition coefficient (Wildman–Crippen LogP) is 2.48. The summed E-state index contributed by atoms with van der Waals surface area (Å²) in [6, 6.07) is 7.77. The minimum Gasteiger partial charge on any atom is -0.476 e. The van der Waals surface area contributed by atoms with Gasteiger partial charge in [0.25, 0.3) is 0 Å². The molecule has 0 atom stereocenters. The lowest BCUT2D eigenvalue weighted by molar-refractivity contribution is -0.0544. The molecule has 19 heavy (non-hydrogen) atoms. The van der Waals surface area contributed by atoms with Crippen molar-refractivity contribution in [1.82, 2.24) is 9.78 Å². The van der Waals surface area contributed by atoms with Crippen LogP contribution in [0.1, 0.15) is 16.1 Å². The van der Waals surface area contributed by atoms with Crippen LogP contribution in [-0.4, -0.2) is 27.5 Å². The van der Waals surface area contributed by atoms with E-state index in [-0.39, 0.29) is 11.6 Å². The number of nitrogens with zero attached hydrogens (tertiary/aromatic N) is 2. The standard InChI is InChI=1S/C12H10F2N2O3/c1-7-3-2-4-8(5-7)16-10(19-12(13)14)6-9(15-16)11(17)18/h2-6,12H,1H3,(H,17,18). The average molecular weight is 268 g/mol. The number of carbonyl (C=O) groups is 1. The van der Waals surface area contributed by atoms with Crippen LogP contribution in [-0.2, 0) is 0 Å². The van der Waals surface area contributed by atoms with Crippen LogP contribution in [0.25, 0.3) is 5.69 Å². The Bertz CT molecular complexity index is 611. The molecule has 0 aliphatic rings. The lowest BCUT2D eigenvalue weighted by Crippen LogP contribution is -2.08. The third kappa shape index (κ3) is 2.87. The molecule has 1 heterocycles. The number of carboxylic acids is 1. The molecule has 0 bridgehead atoms. The zero-order valence-electron chi connectivity index (χ0n) is 9.88. The number of alkyl halides is 2. The van der Waals surface area contributed by atoms with E-state index in [0.717, 1.165) is 16.3 Å². The van der Waals surface area contributed by atoms with Gasteiger partial charge in [-0.3, -0.25) is 0 Å². The monoisotopic (exact) mass is 268 g/mol. The van der Waals surface area contributed by atoms with Crippen LogP contribution in [0.4, 0.5) is 8.78 Å². The van der Waals surface area contributed by atoms with Gasteiger partial charge in [-0.2, -0.15) is 13.9 Å². The van der Waals surface area contributed by atoms with Gasteiger partial charge in [-0.15, -0.1) is 0 Å². The first-order chi connectivity index (χ1) is 8.97. The lowest BCUT2D eigenvalue weighted by Gasteiger charge is -2.08. The largest absolute Gasteiger partial charge is 0.476 e. The maximum absolute atomic E-state index is 12.3. The fraction of sp³-hybridized carbons (Fsp3) is 0.167. The van der Waals surface area contributed by atoms with E-state index < -0.39 is 12.6 Å². The molecule has 0 aliphatic heterocycles. The molecular formula is C12H10F2N2O3. The van der Waals surface area contributed by atoms with E-state index in [1.807, 2.05) is 13.0 Å². The van der Waals surface area contributed by atoms with Crippen LogP contribution >= 0.6 is 0 Å². The number of hydrogen-bond acceptors (Lipinski definition) is 3. The summed E-state index contributed by atoms with van der Waals surface area (Å²) < 4.78 is 29.9. The van der Waals surface area contributed by atoms with Gasteiger partial charge < -0.3 is 9.84 Å². The zero-order valence-corrected chi connectivity index (χ0v) is 9.88. The maximum Gasteiger partial charge on any atom is 0.388 e. The number of aromatic nitrogens is 2. The number of hydrogen-bond donors (Lipinski definition) is 1. The normalized spacial score (nSPS) is 10.7. The highest BCUT2D eigenvalue weighted by atomic mass is 19.3. The first kappa shape index (κ1) is 13.0. The first-order valence-corrected chi connectivity index (χ1v) is 5.32. The van der Waals surface area contributed by atoms with Gasteiger partial charge in [-0.1, -0.05) is 12.1 Å². The number of carboxylic acid groups (broad SMARTS) is 1. The highest BCUT2D eigenvalue weighted by Crippen LogP contribution is 2.22. The molecule has 5 nitrogen and oxygen atoms in total. The molecule has 1 N–H and O–H groups in total. The fourth-order valence-electron chi connectivity index (χ4n) is 1.59. The maximum atomic E-state index is 12.3. The Kier molecular flexibility index (Phi) is 3.46. The van der Waals surface area contributed by atoms with Crippen molar-refractivity contribution in [2.24, 2.45) is 0 Å². The van der Waals surface area contributed by atoms with E-state index in [9.17, 15) is 13.6 Å². The summed E-state index contributed by atoms with van der Waals surface area (Å²) in [6.07, 6.45) is 0. The van der Waals surface area contributed by atoms with Gasteiger partial charge in [0.2, 0.25) is 5.88 Å². The van der Waals surface area contributed by atoms with E-state index in [2.05, 4.69) is 9.84 Å². The van der Waals surface area contributed by atoms with Gasteiger partial charge >= 0.3 is 12.6 Å². The molecule has 0 saturated carbocycles. The molecule has 0 saturated heterocycles. The second-order valence-corrected chi connectivity index (χ2v) is 3.80. The Morgan fingerprint density at radius 1 is 1.42 bits per heavy atom. The highest BCUT2D eigenvalue weighted by molar-refractivity contribution is 5.85. The minimum atomic E-state index is -3.05. The van der Waals surface area contributed by atoms with Crippen molar-refractivity contribution in [2.45, 2.75) is 13.5 Å². The predicted molar refractivity (Wildman–Crippen MR) is 61.9 cm³/mol. The number of rotatable bonds is 4. The van der Waals surface area contributed by atoms with Crippen LogP contribution in [0.5, 0.6) is 5.88 Å². The van der Waals surface area contributed by atoms with Crippen LogP contribution < -0.4 is 4.74 Å². The summed E-state index contributed by atoms with van der Waals surface area (Å²) >= 11 is 0. The quantitative estimate of drug-likeness (QED) is 0.925. The minimum absolute atomic E-state index is 0.321. The summed E-state index contributed by atoms with van der Waals surface area (Å²) in [5, 5.41) is 12.6. The molecule has 7 heteroatoms. The number of aromatic carboxylic acids is 1. The smallest absolute Gasteiger partial charge is 0.388 e. The summed E-state index contributed by atoms with van der Waals surface area (Å²) in [5.41, 5.74) is 0.966. The lowest BCUT2D eigenvalue weighted by atomic mass is 10.2. The van der Waals surface area contributed by atoms with Crippen LogP contribution in [0.2, 0.25) is 0 Å². The molecule has 1 aromatic heterocycles. The van der Waals surface area contributed by atoms with Crippen molar-refractivity contribution in [3.8, 4) is 11.6 Å². The van der Waals surface area contributed by atoms with E-state index >= 15 is 0 Å². The van der Waals surface area contributed by atoms with Crippen molar-refractivity contribution in [1.29, 1.82) is 0 Å². The van der Waals surface area contributed by atoms with Crippen LogP contribution in [0, 0.1) is 6.92 Å². The fourth-order valence-corrected chi connectivity index (χ4v) is 1.59. The molecule has 0 fully saturated rings. The van der Waals surface area contributed by atoms with E-state index in [4.69, 9.17) is 5.11 Å². The topological polar surface area (TPSA) is 64.4 Å². The van der Waals surface area contributed by atoms with Gasteiger partial charge in [0, 0.05) is 6.07 Å². The Labute approximate surface area is 107 Å². The molecule has 100 valence electrons. The summed E-state index contributed by atoms with van der Waals surface area (Å²) in [7, 11) is 0. The number of halogens is 2. The van der Waals surface area contributed by atoms with E-state index in [1.165, 1.54) is 0 Å². The first-order valence-electron chi connectivity index (χ1n) is 5.32. The van der Waals surface area contributed by atoms with Gasteiger partial charge in [-0.05, 0) is 24.6 Å². The second-order valence-electron chi connectivity index (χ2n) is 3.80. The molecule has 2 aromatic rings. The zero-order chi connectivity index (χ0) is 14.0. The molecule has 2 rings (SSSR count). The molecule has 0 amide bonds. The molecule has 0 radical (unpaired) electrons. The number of aryl methyl sites for hydroxylation is 1. The van der Waals surface area contributed by atoms with Gasteiger partial charge in [0.1, 0.15) is 0 Å². The molecule has 1 aromatic carbocycles. The SMILES string of the molecule is Cc1cccc(-n2nc(C(=O)O)cc2OC(F)F)c1. The Hall–Kier alpha value is -2.44. The number of ether oxygens (including phenoxy) is 1. The Balaban J connectivity index is 2.50. The second kappa shape index (κ2) is 5.05. The van der Waals surface area contributed by atoms with Crippen molar-refractivity contribution in [2.75, 3.05) is 0 Å². The van der Waals surface area contributed by atoms with Crippen molar-refractivity contribution >= 4 is 5.97 Å². The Morgan fingerprint density at radius 2 is 2.16 bits per heavy atom. The van der Waals surface area contributed by atoms with Gasteiger partial charge in [0.05, 0.1) is 5.69 Å². The third-order valence-corrected chi connectivity index (χ3v) is 2.35. The third-order valence-electron chi connectivity index (χ3n) is 2.35. The summed E-state index contributed by atoms with van der Waals surface area (Å²) in [5.74, 6) is -1.64. The molecule has 0 aliphatic carbocycles. The summed E-state index contributed by atoms with van der Waals surface area (Å²) in [4.78, 5) is 10.8. The molecular weight excluding hydrogens is 258 g/mol. The van der Waals surface area contributed by atoms with E-state index in [0.29, 0.717) is 5.69 Å². The van der Waals surface area contributed by atoms with Gasteiger partial charge in [-0.25, -0.2) is 9.48 Å². The highest BCUT2D eigenvalue weighted by Gasteiger charge is 2.18. The summed E-state index contributed by atoms with van der Waals surface area (Å²) in [6.45, 7) is -1.24. The van der Waals surface area contributed by atoms with E-state index in [1.54, 1.807) is 18.2 Å². The Morgan fingerprint density at radius 3 is 2.74 bits per heavy atom. The number of benzene rings is 1. The molecule has 0 unspecified atom stereocenters. The van der Waals surface area contributed by atoms with Gasteiger partial charge in [0.15, 0.2) is 5.69 Å². The molecule has 0 spiro atoms. The van der Waals surface area contributed by atoms with Crippen molar-refractivity contribution in [3.63, 3.8) is 0 Å². The average Bonchev–Trinajstić information content (AvgIpc) is 2.72. The van der Waals surface area contributed by atoms with Crippen LogP contribution in [0.15, 0.2) is 30.3 Å². The van der Waals surface area contributed by atoms with Crippen molar-refractivity contribution in [3.05, 3.63) is 41.6 Å². The van der Waals surface area contributed by atoms with Crippen molar-refractivity contribution < 1.29 is 23.4 Å².